The molecule has 0 aliphatic heterocycles. The lowest BCUT2D eigenvalue weighted by Gasteiger charge is -2.06. The van der Waals surface area contributed by atoms with E-state index in [-0.39, 0.29) is 5.25 Å². The minimum atomic E-state index is 0.0194. The molecule has 2 heterocycles. The molecule has 24 heavy (non-hydrogen) atoms. The first-order valence-corrected chi connectivity index (χ1v) is 9.03. The number of aromatic nitrogens is 5. The smallest absolute Gasteiger partial charge is 0.239 e. The zero-order valence-corrected chi connectivity index (χ0v) is 14.9. The molecule has 8 heteroatoms. The Morgan fingerprint density at radius 3 is 2.71 bits per heavy atom. The van der Waals surface area contributed by atoms with Crippen molar-refractivity contribution in [2.75, 3.05) is 0 Å². The Labute approximate surface area is 148 Å². The fourth-order valence-electron chi connectivity index (χ4n) is 2.40. The molecule has 124 valence electrons. The van der Waals surface area contributed by atoms with Crippen molar-refractivity contribution in [3.8, 4) is 11.4 Å². The molecule has 3 aromatic rings. The highest BCUT2D eigenvalue weighted by Crippen LogP contribution is 2.40. The Morgan fingerprint density at radius 2 is 2.00 bits per heavy atom. The lowest BCUT2D eigenvalue weighted by atomic mass is 10.2. The quantitative estimate of drug-likeness (QED) is 0.633. The third-order valence-corrected chi connectivity index (χ3v) is 5.34. The van der Waals surface area contributed by atoms with Crippen molar-refractivity contribution in [3.05, 3.63) is 41.0 Å². The van der Waals surface area contributed by atoms with Gasteiger partial charge in [0, 0.05) is 23.6 Å². The predicted octanol–water partition coefficient (Wildman–Crippen LogP) is 4.25. The van der Waals surface area contributed by atoms with Crippen LogP contribution >= 0.6 is 23.4 Å². The number of nitrogens with zero attached hydrogens (tertiary/aromatic N) is 5. The second-order valence-electron chi connectivity index (χ2n) is 5.90. The second kappa shape index (κ2) is 6.22. The monoisotopic (exact) mass is 361 g/mol. The Bertz CT molecular complexity index is 856. The Hall–Kier alpha value is -1.86. The van der Waals surface area contributed by atoms with Gasteiger partial charge in [-0.25, -0.2) is 0 Å². The van der Waals surface area contributed by atoms with E-state index in [9.17, 15) is 0 Å². The van der Waals surface area contributed by atoms with E-state index in [1.165, 1.54) is 0 Å². The molecule has 6 nitrogen and oxygen atoms in total. The topological polar surface area (TPSA) is 69.6 Å². The predicted molar refractivity (Wildman–Crippen MR) is 92.0 cm³/mol. The first kappa shape index (κ1) is 15.7. The van der Waals surface area contributed by atoms with Gasteiger partial charge in [0.05, 0.1) is 5.25 Å². The summed E-state index contributed by atoms with van der Waals surface area (Å²) in [4.78, 5) is 4.50. The highest BCUT2D eigenvalue weighted by molar-refractivity contribution is 7.99. The van der Waals surface area contributed by atoms with Gasteiger partial charge < -0.3 is 9.09 Å². The number of benzene rings is 1. The van der Waals surface area contributed by atoms with Crippen molar-refractivity contribution in [2.45, 2.75) is 36.1 Å². The summed E-state index contributed by atoms with van der Waals surface area (Å²) in [5, 5.41) is 14.2. The molecular weight excluding hydrogens is 346 g/mol. The van der Waals surface area contributed by atoms with Crippen LogP contribution in [-0.2, 0) is 7.05 Å². The van der Waals surface area contributed by atoms with Crippen molar-refractivity contribution in [1.82, 2.24) is 24.9 Å². The van der Waals surface area contributed by atoms with Crippen LogP contribution in [-0.4, -0.2) is 24.9 Å². The molecule has 0 radical (unpaired) electrons. The van der Waals surface area contributed by atoms with Gasteiger partial charge in [0.25, 0.3) is 0 Å². The maximum Gasteiger partial charge on any atom is 0.239 e. The molecule has 1 aromatic carbocycles. The SMILES string of the molecule is CC(Sc1nnc(-c2ccc(Cl)cc2)n1C)c1nc(C2CC2)no1. The highest BCUT2D eigenvalue weighted by Gasteiger charge is 2.30. The molecule has 0 bridgehead atoms. The standard InChI is InChI=1S/C16H16ClN5OS/c1-9(15-18-13(21-23-15)10-3-4-10)24-16-20-19-14(22(16)2)11-5-7-12(17)8-6-11/h5-10H,3-4H2,1-2H3. The lowest BCUT2D eigenvalue weighted by Crippen LogP contribution is -1.97. The van der Waals surface area contributed by atoms with Gasteiger partial charge in [-0.05, 0) is 44.0 Å². The van der Waals surface area contributed by atoms with E-state index in [1.807, 2.05) is 42.8 Å². The van der Waals surface area contributed by atoms with Crippen molar-refractivity contribution in [1.29, 1.82) is 0 Å². The van der Waals surface area contributed by atoms with Gasteiger partial charge >= 0.3 is 0 Å². The van der Waals surface area contributed by atoms with Crippen molar-refractivity contribution >= 4 is 23.4 Å². The third kappa shape index (κ3) is 3.06. The molecule has 0 spiro atoms. The Kier molecular flexibility index (Phi) is 4.05. The zero-order valence-electron chi connectivity index (χ0n) is 13.3. The van der Waals surface area contributed by atoms with Gasteiger partial charge in [0.1, 0.15) is 0 Å². The van der Waals surface area contributed by atoms with Gasteiger partial charge in [-0.3, -0.25) is 0 Å². The fraction of sp³-hybridized carbons (Fsp3) is 0.375. The summed E-state index contributed by atoms with van der Waals surface area (Å²) in [6.07, 6.45) is 2.32. The van der Waals surface area contributed by atoms with Crippen LogP contribution in [0.15, 0.2) is 33.9 Å². The summed E-state index contributed by atoms with van der Waals surface area (Å²) in [6.45, 7) is 2.03. The minimum Gasteiger partial charge on any atom is -0.338 e. The Balaban J connectivity index is 1.52. The molecule has 2 aromatic heterocycles. The van der Waals surface area contributed by atoms with Crippen LogP contribution in [0.2, 0.25) is 5.02 Å². The van der Waals surface area contributed by atoms with E-state index in [2.05, 4.69) is 20.3 Å². The van der Waals surface area contributed by atoms with Gasteiger partial charge in [-0.1, -0.05) is 28.5 Å². The fourth-order valence-corrected chi connectivity index (χ4v) is 3.37. The van der Waals surface area contributed by atoms with Gasteiger partial charge in [0.15, 0.2) is 16.8 Å². The summed E-state index contributed by atoms with van der Waals surface area (Å²) in [6, 6.07) is 7.56. The maximum absolute atomic E-state index is 5.94. The lowest BCUT2D eigenvalue weighted by molar-refractivity contribution is 0.374. The molecule has 1 saturated carbocycles. The van der Waals surface area contributed by atoms with E-state index in [1.54, 1.807) is 11.8 Å². The number of hydrogen-bond donors (Lipinski definition) is 0. The molecule has 1 aliphatic rings. The second-order valence-corrected chi connectivity index (χ2v) is 7.64. The largest absolute Gasteiger partial charge is 0.338 e. The number of halogens is 1. The van der Waals surface area contributed by atoms with Crippen molar-refractivity contribution < 1.29 is 4.52 Å². The summed E-state index contributed by atoms with van der Waals surface area (Å²) in [5.74, 6) is 2.76. The summed E-state index contributed by atoms with van der Waals surface area (Å²) < 4.78 is 7.35. The summed E-state index contributed by atoms with van der Waals surface area (Å²) in [7, 11) is 1.95. The maximum atomic E-state index is 5.94. The first-order chi connectivity index (χ1) is 11.6. The third-order valence-electron chi connectivity index (χ3n) is 3.97. The molecule has 0 saturated heterocycles. The molecule has 1 atom stereocenters. The van der Waals surface area contributed by atoms with Crippen LogP contribution < -0.4 is 0 Å². The minimum absolute atomic E-state index is 0.0194. The molecule has 1 unspecified atom stereocenters. The van der Waals surface area contributed by atoms with E-state index in [0.29, 0.717) is 16.8 Å². The van der Waals surface area contributed by atoms with E-state index >= 15 is 0 Å². The average Bonchev–Trinajstić information content (AvgIpc) is 3.20. The zero-order chi connectivity index (χ0) is 16.7. The van der Waals surface area contributed by atoms with Gasteiger partial charge in [0.2, 0.25) is 5.89 Å². The molecule has 0 amide bonds. The highest BCUT2D eigenvalue weighted by atomic mass is 35.5. The average molecular weight is 362 g/mol. The molecule has 1 fully saturated rings. The molecule has 0 N–H and O–H groups in total. The van der Waals surface area contributed by atoms with Gasteiger partial charge in [-0.2, -0.15) is 4.98 Å². The number of thioether (sulfide) groups is 1. The summed E-state index contributed by atoms with van der Waals surface area (Å²) in [5.41, 5.74) is 0.975. The normalized spacial score (nSPS) is 15.6. The van der Waals surface area contributed by atoms with Gasteiger partial charge in [-0.15, -0.1) is 10.2 Å². The van der Waals surface area contributed by atoms with Crippen LogP contribution in [0.25, 0.3) is 11.4 Å². The van der Waals surface area contributed by atoms with Crippen LogP contribution in [0.1, 0.15) is 42.6 Å². The van der Waals surface area contributed by atoms with Crippen LogP contribution in [0, 0.1) is 0 Å². The molecular formula is C16H16ClN5OS. The van der Waals surface area contributed by atoms with Crippen LogP contribution in [0.3, 0.4) is 0 Å². The number of rotatable bonds is 5. The van der Waals surface area contributed by atoms with Crippen LogP contribution in [0.5, 0.6) is 0 Å². The number of hydrogen-bond acceptors (Lipinski definition) is 6. The Morgan fingerprint density at radius 1 is 1.25 bits per heavy atom. The van der Waals surface area contributed by atoms with Crippen molar-refractivity contribution in [2.24, 2.45) is 7.05 Å². The summed E-state index contributed by atoms with van der Waals surface area (Å²) >= 11 is 7.49. The molecule has 4 rings (SSSR count). The van der Waals surface area contributed by atoms with E-state index in [0.717, 1.165) is 35.2 Å². The first-order valence-electron chi connectivity index (χ1n) is 7.77. The van der Waals surface area contributed by atoms with Crippen LogP contribution in [0.4, 0.5) is 0 Å². The molecule has 1 aliphatic carbocycles. The van der Waals surface area contributed by atoms with E-state index < -0.39 is 0 Å². The van der Waals surface area contributed by atoms with E-state index in [4.69, 9.17) is 16.1 Å². The van der Waals surface area contributed by atoms with Crippen molar-refractivity contribution in [3.63, 3.8) is 0 Å².